The molecule has 0 spiro atoms. The monoisotopic (exact) mass is 291 g/mol. The largest absolute Gasteiger partial charge is 0.478 e. The van der Waals surface area contributed by atoms with E-state index < -0.39 is 5.97 Å². The van der Waals surface area contributed by atoms with E-state index >= 15 is 0 Å². The van der Waals surface area contributed by atoms with Gasteiger partial charge in [-0.3, -0.25) is 0 Å². The molecule has 21 heavy (non-hydrogen) atoms. The number of nitrogens with zero attached hydrogens (tertiary/aromatic N) is 1. The highest BCUT2D eigenvalue weighted by molar-refractivity contribution is 5.89. The summed E-state index contributed by atoms with van der Waals surface area (Å²) in [6, 6.07) is 7.35. The number of benzene rings is 1. The molecule has 1 aromatic rings. The molecule has 0 bridgehead atoms. The van der Waals surface area contributed by atoms with Gasteiger partial charge in [-0.1, -0.05) is 18.2 Å². The zero-order valence-corrected chi connectivity index (χ0v) is 13.5. The molecule has 1 aliphatic rings. The van der Waals surface area contributed by atoms with Gasteiger partial charge in [0, 0.05) is 11.1 Å². The molecule has 0 unspecified atom stereocenters. The summed E-state index contributed by atoms with van der Waals surface area (Å²) in [6.07, 6.45) is 1.74. The van der Waals surface area contributed by atoms with Gasteiger partial charge in [0.15, 0.2) is 0 Å². The SMILES string of the molecule is CON1C(C)(C)CC(c2ccccc2C(=O)O)CC1(C)C. The first kappa shape index (κ1) is 16.0. The molecule has 0 saturated carbocycles. The molecule has 0 aromatic heterocycles. The van der Waals surface area contributed by atoms with Crippen LogP contribution < -0.4 is 0 Å². The summed E-state index contributed by atoms with van der Waals surface area (Å²) in [5.41, 5.74) is 1.06. The van der Waals surface area contributed by atoms with Crippen molar-refractivity contribution >= 4 is 5.97 Å². The van der Waals surface area contributed by atoms with Gasteiger partial charge in [0.2, 0.25) is 0 Å². The molecule has 1 saturated heterocycles. The van der Waals surface area contributed by atoms with Gasteiger partial charge < -0.3 is 9.94 Å². The standard InChI is InChI=1S/C17H25NO3/c1-16(2)10-12(11-17(3,4)18(16)21-5)13-8-6-7-9-14(13)15(19)20/h6-9,12H,10-11H2,1-5H3,(H,19,20). The number of hydrogen-bond acceptors (Lipinski definition) is 3. The Morgan fingerprint density at radius 2 is 1.71 bits per heavy atom. The van der Waals surface area contributed by atoms with E-state index in [-0.39, 0.29) is 17.0 Å². The summed E-state index contributed by atoms with van der Waals surface area (Å²) in [7, 11) is 1.70. The van der Waals surface area contributed by atoms with Crippen molar-refractivity contribution < 1.29 is 14.7 Å². The summed E-state index contributed by atoms with van der Waals surface area (Å²) < 4.78 is 0. The molecule has 1 fully saturated rings. The normalized spacial score (nSPS) is 22.1. The molecule has 1 aliphatic heterocycles. The van der Waals surface area contributed by atoms with Crippen molar-refractivity contribution in [2.24, 2.45) is 0 Å². The molecular weight excluding hydrogens is 266 g/mol. The first-order chi connectivity index (χ1) is 9.69. The number of carboxylic acids is 1. The van der Waals surface area contributed by atoms with Crippen molar-refractivity contribution in [3.63, 3.8) is 0 Å². The van der Waals surface area contributed by atoms with E-state index in [1.807, 2.05) is 17.2 Å². The van der Waals surface area contributed by atoms with Crippen LogP contribution in [0.3, 0.4) is 0 Å². The highest BCUT2D eigenvalue weighted by Gasteiger charge is 2.46. The van der Waals surface area contributed by atoms with Gasteiger partial charge in [-0.25, -0.2) is 4.79 Å². The fourth-order valence-electron chi connectivity index (χ4n) is 4.03. The predicted molar refractivity (Wildman–Crippen MR) is 82.4 cm³/mol. The van der Waals surface area contributed by atoms with Gasteiger partial charge in [-0.05, 0) is 58.1 Å². The lowest BCUT2D eigenvalue weighted by atomic mass is 9.72. The number of piperidine rings is 1. The third-order valence-corrected chi connectivity index (χ3v) is 4.41. The van der Waals surface area contributed by atoms with Crippen LogP contribution in [0.4, 0.5) is 0 Å². The van der Waals surface area contributed by atoms with E-state index in [1.165, 1.54) is 0 Å². The number of carbonyl (C=O) groups is 1. The Hall–Kier alpha value is -1.39. The Morgan fingerprint density at radius 3 is 2.19 bits per heavy atom. The Kier molecular flexibility index (Phi) is 4.13. The molecule has 0 radical (unpaired) electrons. The van der Waals surface area contributed by atoms with Crippen LogP contribution >= 0.6 is 0 Å². The predicted octanol–water partition coefficient (Wildman–Crippen LogP) is 3.68. The van der Waals surface area contributed by atoms with Crippen molar-refractivity contribution in [1.82, 2.24) is 5.06 Å². The van der Waals surface area contributed by atoms with Crippen LogP contribution in [0.25, 0.3) is 0 Å². The fraction of sp³-hybridized carbons (Fsp3) is 0.588. The Bertz CT molecular complexity index is 519. The fourth-order valence-corrected chi connectivity index (χ4v) is 4.03. The molecule has 1 heterocycles. The Balaban J connectivity index is 2.41. The average Bonchev–Trinajstić information content (AvgIpc) is 2.36. The number of aromatic carboxylic acids is 1. The molecule has 1 aromatic carbocycles. The first-order valence-electron chi connectivity index (χ1n) is 7.36. The van der Waals surface area contributed by atoms with Gasteiger partial charge in [0.1, 0.15) is 0 Å². The van der Waals surface area contributed by atoms with Crippen LogP contribution in [0.15, 0.2) is 24.3 Å². The minimum Gasteiger partial charge on any atom is -0.478 e. The van der Waals surface area contributed by atoms with Crippen LogP contribution in [0, 0.1) is 0 Å². The van der Waals surface area contributed by atoms with Crippen molar-refractivity contribution in [3.8, 4) is 0 Å². The average molecular weight is 291 g/mol. The first-order valence-corrected chi connectivity index (χ1v) is 7.36. The number of rotatable bonds is 3. The van der Waals surface area contributed by atoms with Crippen molar-refractivity contribution in [2.45, 2.75) is 57.5 Å². The topological polar surface area (TPSA) is 49.8 Å². The molecule has 2 rings (SSSR count). The summed E-state index contributed by atoms with van der Waals surface area (Å²) in [6.45, 7) is 8.59. The van der Waals surface area contributed by atoms with Gasteiger partial charge in [-0.15, -0.1) is 0 Å². The minimum absolute atomic E-state index is 0.146. The van der Waals surface area contributed by atoms with Crippen LogP contribution in [0.1, 0.15) is 62.4 Å². The number of hydroxylamine groups is 2. The third kappa shape index (κ3) is 2.97. The van der Waals surface area contributed by atoms with Gasteiger partial charge in [-0.2, -0.15) is 5.06 Å². The molecule has 116 valence electrons. The quantitative estimate of drug-likeness (QED) is 0.923. The van der Waals surface area contributed by atoms with E-state index in [2.05, 4.69) is 27.7 Å². The zero-order chi connectivity index (χ0) is 15.8. The van der Waals surface area contributed by atoms with Gasteiger partial charge in [0.25, 0.3) is 0 Å². The number of hydrogen-bond donors (Lipinski definition) is 1. The molecule has 0 amide bonds. The van der Waals surface area contributed by atoms with E-state index in [9.17, 15) is 9.90 Å². The maximum Gasteiger partial charge on any atom is 0.335 e. The lowest BCUT2D eigenvalue weighted by molar-refractivity contribution is -0.266. The molecule has 4 heteroatoms. The van der Waals surface area contributed by atoms with Crippen LogP contribution in [-0.2, 0) is 4.84 Å². The molecule has 1 N–H and O–H groups in total. The summed E-state index contributed by atoms with van der Waals surface area (Å²) in [4.78, 5) is 17.1. The van der Waals surface area contributed by atoms with Gasteiger partial charge >= 0.3 is 5.97 Å². The minimum atomic E-state index is -0.851. The van der Waals surface area contributed by atoms with Gasteiger partial charge in [0.05, 0.1) is 12.7 Å². The van der Waals surface area contributed by atoms with Crippen molar-refractivity contribution in [3.05, 3.63) is 35.4 Å². The highest BCUT2D eigenvalue weighted by Crippen LogP contribution is 2.46. The second-order valence-electron chi connectivity index (χ2n) is 7.10. The molecule has 0 aliphatic carbocycles. The molecular formula is C17H25NO3. The van der Waals surface area contributed by atoms with Crippen LogP contribution in [-0.4, -0.2) is 34.3 Å². The lowest BCUT2D eigenvalue weighted by Gasteiger charge is -2.53. The highest BCUT2D eigenvalue weighted by atomic mass is 16.7. The zero-order valence-electron chi connectivity index (χ0n) is 13.5. The Morgan fingerprint density at radius 1 is 1.19 bits per heavy atom. The van der Waals surface area contributed by atoms with E-state index in [1.54, 1.807) is 19.2 Å². The summed E-state index contributed by atoms with van der Waals surface area (Å²) >= 11 is 0. The van der Waals surface area contributed by atoms with Crippen LogP contribution in [0.5, 0.6) is 0 Å². The molecule has 4 nitrogen and oxygen atoms in total. The van der Waals surface area contributed by atoms with E-state index in [4.69, 9.17) is 4.84 Å². The lowest BCUT2D eigenvalue weighted by Crippen LogP contribution is -2.59. The van der Waals surface area contributed by atoms with E-state index in [0.29, 0.717) is 5.56 Å². The maximum absolute atomic E-state index is 11.5. The Labute approximate surface area is 126 Å². The second-order valence-corrected chi connectivity index (χ2v) is 7.10. The summed E-state index contributed by atoms with van der Waals surface area (Å²) in [5.74, 6) is -0.635. The second kappa shape index (κ2) is 5.43. The van der Waals surface area contributed by atoms with Crippen molar-refractivity contribution in [1.29, 1.82) is 0 Å². The smallest absolute Gasteiger partial charge is 0.335 e. The molecule has 0 atom stereocenters. The summed E-state index contributed by atoms with van der Waals surface area (Å²) in [5, 5.41) is 11.5. The number of carboxylic acid groups (broad SMARTS) is 1. The maximum atomic E-state index is 11.5. The third-order valence-electron chi connectivity index (χ3n) is 4.41. The van der Waals surface area contributed by atoms with E-state index in [0.717, 1.165) is 18.4 Å². The van der Waals surface area contributed by atoms with Crippen molar-refractivity contribution in [2.75, 3.05) is 7.11 Å². The van der Waals surface area contributed by atoms with Crippen LogP contribution in [0.2, 0.25) is 0 Å².